The number of rotatable bonds is 3. The number of aryl methyl sites for hydroxylation is 1. The number of carbonyl (C=O) groups is 1. The quantitative estimate of drug-likeness (QED) is 0.469. The number of imidazole rings is 1. The molecule has 8 heteroatoms. The van der Waals surface area contributed by atoms with E-state index in [4.69, 9.17) is 0 Å². The van der Waals surface area contributed by atoms with Gasteiger partial charge in [0.2, 0.25) is 5.91 Å². The fourth-order valence-corrected chi connectivity index (χ4v) is 5.01. The first-order valence-electron chi connectivity index (χ1n) is 10.1. The average molecular weight is 468 g/mol. The first kappa shape index (κ1) is 19.1. The Kier molecular flexibility index (Phi) is 4.73. The van der Waals surface area contributed by atoms with Crippen LogP contribution in [0.5, 0.6) is 0 Å². The molecular formula is C22H22BrN5O2. The molecule has 2 N–H and O–H groups in total. The van der Waals surface area contributed by atoms with Gasteiger partial charge in [0.05, 0.1) is 22.7 Å². The van der Waals surface area contributed by atoms with Crippen LogP contribution >= 0.6 is 15.9 Å². The summed E-state index contributed by atoms with van der Waals surface area (Å²) >= 11 is 3.50. The molecule has 0 unspecified atom stereocenters. The minimum Gasteiger partial charge on any atom is -0.326 e. The van der Waals surface area contributed by atoms with Crippen LogP contribution in [0.4, 0.5) is 5.69 Å². The van der Waals surface area contributed by atoms with Crippen molar-refractivity contribution in [3.05, 3.63) is 57.6 Å². The number of benzene rings is 2. The van der Waals surface area contributed by atoms with Gasteiger partial charge in [-0.15, -0.1) is 0 Å². The fraction of sp³-hybridized carbons (Fsp3) is 0.318. The fourth-order valence-electron chi connectivity index (χ4n) is 4.56. The lowest BCUT2D eigenvalue weighted by Crippen LogP contribution is -2.31. The van der Waals surface area contributed by atoms with Crippen molar-refractivity contribution in [3.8, 4) is 0 Å². The van der Waals surface area contributed by atoms with Crippen molar-refractivity contribution in [2.75, 3.05) is 5.32 Å². The second kappa shape index (κ2) is 7.43. The van der Waals surface area contributed by atoms with Gasteiger partial charge in [-0.2, -0.15) is 5.10 Å². The summed E-state index contributed by atoms with van der Waals surface area (Å²) in [6, 6.07) is 11.8. The molecule has 0 atom stereocenters. The van der Waals surface area contributed by atoms with Crippen molar-refractivity contribution in [1.29, 1.82) is 0 Å². The third-order valence-electron chi connectivity index (χ3n) is 6.15. The van der Waals surface area contributed by atoms with E-state index in [1.54, 1.807) is 6.20 Å². The second-order valence-electron chi connectivity index (χ2n) is 7.97. The number of halogens is 1. The summed E-state index contributed by atoms with van der Waals surface area (Å²) in [6.07, 6.45) is 4.93. The topological polar surface area (TPSA) is 84.7 Å². The maximum absolute atomic E-state index is 12.8. The van der Waals surface area contributed by atoms with Gasteiger partial charge in [-0.05, 0) is 71.9 Å². The van der Waals surface area contributed by atoms with Crippen LogP contribution in [0.1, 0.15) is 31.7 Å². The number of nitrogens with zero attached hydrogens (tertiary/aromatic N) is 3. The van der Waals surface area contributed by atoms with Crippen molar-refractivity contribution in [1.82, 2.24) is 19.3 Å². The summed E-state index contributed by atoms with van der Waals surface area (Å²) in [7, 11) is 1.90. The molecule has 2 aromatic carbocycles. The van der Waals surface area contributed by atoms with Gasteiger partial charge in [0, 0.05) is 34.6 Å². The van der Waals surface area contributed by atoms with Gasteiger partial charge in [-0.1, -0.05) is 6.07 Å². The van der Waals surface area contributed by atoms with Crippen LogP contribution in [0.2, 0.25) is 0 Å². The van der Waals surface area contributed by atoms with Gasteiger partial charge in [0.15, 0.2) is 0 Å². The van der Waals surface area contributed by atoms with Crippen molar-refractivity contribution in [3.63, 3.8) is 0 Å². The summed E-state index contributed by atoms with van der Waals surface area (Å²) in [5.41, 5.74) is 3.47. The van der Waals surface area contributed by atoms with E-state index in [0.29, 0.717) is 0 Å². The molecule has 1 amide bonds. The molecular weight excluding hydrogens is 446 g/mol. The predicted molar refractivity (Wildman–Crippen MR) is 121 cm³/mol. The van der Waals surface area contributed by atoms with E-state index in [9.17, 15) is 9.59 Å². The van der Waals surface area contributed by atoms with Crippen molar-refractivity contribution >= 4 is 49.5 Å². The number of hydrogen-bond acceptors (Lipinski definition) is 3. The lowest BCUT2D eigenvalue weighted by Gasteiger charge is -2.28. The molecule has 2 heterocycles. The minimum atomic E-state index is -0.0884. The largest absolute Gasteiger partial charge is 0.326 e. The van der Waals surface area contributed by atoms with Crippen molar-refractivity contribution in [2.24, 2.45) is 13.0 Å². The SMILES string of the molecule is Cn1ncc2cc(NC(=O)C3CCC(n4c(=O)[nH]c5c(Br)cccc54)CC3)ccc21. The van der Waals surface area contributed by atoms with E-state index >= 15 is 0 Å². The Balaban J connectivity index is 1.28. The summed E-state index contributed by atoms with van der Waals surface area (Å²) in [5.74, 6) is 0.00389. The number of aromatic nitrogens is 4. The number of nitrogens with one attached hydrogen (secondary N) is 2. The van der Waals surface area contributed by atoms with Crippen LogP contribution < -0.4 is 11.0 Å². The highest BCUT2D eigenvalue weighted by Gasteiger charge is 2.29. The highest BCUT2D eigenvalue weighted by molar-refractivity contribution is 9.10. The van der Waals surface area contributed by atoms with E-state index in [2.05, 4.69) is 31.3 Å². The van der Waals surface area contributed by atoms with Crippen LogP contribution in [-0.4, -0.2) is 25.2 Å². The first-order chi connectivity index (χ1) is 14.5. The average Bonchev–Trinajstić information content (AvgIpc) is 3.28. The van der Waals surface area contributed by atoms with Gasteiger partial charge >= 0.3 is 5.69 Å². The van der Waals surface area contributed by atoms with E-state index in [1.807, 2.05) is 52.7 Å². The molecule has 7 nitrogen and oxygen atoms in total. The first-order valence-corrected chi connectivity index (χ1v) is 10.9. The molecule has 0 bridgehead atoms. The van der Waals surface area contributed by atoms with E-state index in [-0.39, 0.29) is 23.6 Å². The molecule has 0 radical (unpaired) electrons. The molecule has 30 heavy (non-hydrogen) atoms. The third-order valence-corrected chi connectivity index (χ3v) is 6.81. The summed E-state index contributed by atoms with van der Waals surface area (Å²) < 4.78 is 4.55. The Labute approximate surface area is 181 Å². The summed E-state index contributed by atoms with van der Waals surface area (Å²) in [5, 5.41) is 8.30. The molecule has 5 rings (SSSR count). The van der Waals surface area contributed by atoms with Crippen molar-refractivity contribution in [2.45, 2.75) is 31.7 Å². The molecule has 154 valence electrons. The zero-order chi connectivity index (χ0) is 20.8. The highest BCUT2D eigenvalue weighted by atomic mass is 79.9. The van der Waals surface area contributed by atoms with Gasteiger partial charge < -0.3 is 10.3 Å². The van der Waals surface area contributed by atoms with Crippen molar-refractivity contribution < 1.29 is 4.79 Å². The Hall–Kier alpha value is -2.87. The maximum atomic E-state index is 12.8. The van der Waals surface area contributed by atoms with Gasteiger partial charge in [-0.3, -0.25) is 14.0 Å². The smallest absolute Gasteiger partial charge is 0.326 e. The molecule has 0 spiro atoms. The molecule has 1 aliphatic rings. The number of anilines is 1. The number of amides is 1. The monoisotopic (exact) mass is 467 g/mol. The predicted octanol–water partition coefficient (Wildman–Crippen LogP) is 4.35. The van der Waals surface area contributed by atoms with Crippen LogP contribution in [0.3, 0.4) is 0 Å². The van der Waals surface area contributed by atoms with Gasteiger partial charge in [0.1, 0.15) is 0 Å². The van der Waals surface area contributed by atoms with Crippen LogP contribution in [0.25, 0.3) is 21.9 Å². The van der Waals surface area contributed by atoms with E-state index in [1.165, 1.54) is 0 Å². The number of carbonyl (C=O) groups excluding carboxylic acids is 1. The number of H-pyrrole nitrogens is 1. The molecule has 2 aromatic heterocycles. The number of fused-ring (bicyclic) bond motifs is 2. The number of hydrogen-bond donors (Lipinski definition) is 2. The van der Waals surface area contributed by atoms with Gasteiger partial charge in [0.25, 0.3) is 0 Å². The zero-order valence-corrected chi connectivity index (χ0v) is 18.1. The van der Waals surface area contributed by atoms with Crippen LogP contribution in [0, 0.1) is 5.92 Å². The molecule has 0 aliphatic heterocycles. The molecule has 1 aliphatic carbocycles. The minimum absolute atomic E-state index is 0.0431. The van der Waals surface area contributed by atoms with Crippen LogP contribution in [-0.2, 0) is 11.8 Å². The normalized spacial score (nSPS) is 19.4. The molecule has 1 saturated carbocycles. The van der Waals surface area contributed by atoms with E-state index in [0.717, 1.165) is 57.8 Å². The summed E-state index contributed by atoms with van der Waals surface area (Å²) in [4.78, 5) is 28.3. The zero-order valence-electron chi connectivity index (χ0n) is 16.6. The Morgan fingerprint density at radius 1 is 1.17 bits per heavy atom. The molecule has 0 saturated heterocycles. The third kappa shape index (κ3) is 3.25. The molecule has 1 fully saturated rings. The van der Waals surface area contributed by atoms with Gasteiger partial charge in [-0.25, -0.2) is 4.79 Å². The lowest BCUT2D eigenvalue weighted by molar-refractivity contribution is -0.121. The van der Waals surface area contributed by atoms with Crippen LogP contribution in [0.15, 0.2) is 51.9 Å². The number of aromatic amines is 1. The Morgan fingerprint density at radius 2 is 1.97 bits per heavy atom. The van der Waals surface area contributed by atoms with E-state index < -0.39 is 0 Å². The highest BCUT2D eigenvalue weighted by Crippen LogP contribution is 2.34. The molecule has 4 aromatic rings. The summed E-state index contributed by atoms with van der Waals surface area (Å²) in [6.45, 7) is 0. The maximum Gasteiger partial charge on any atom is 0.326 e. The number of para-hydroxylation sites is 1. The Bertz CT molecular complexity index is 1310. The lowest BCUT2D eigenvalue weighted by atomic mass is 9.85. The Morgan fingerprint density at radius 3 is 2.77 bits per heavy atom. The standard InChI is InChI=1S/C22H22BrN5O2/c1-27-18-10-7-15(11-14(18)12-24-27)25-21(29)13-5-8-16(9-6-13)28-19-4-2-3-17(23)20(19)26-22(28)30/h2-4,7,10-13,16H,5-6,8-9H2,1H3,(H,25,29)(H,26,30). The second-order valence-corrected chi connectivity index (χ2v) is 8.82.